The van der Waals surface area contributed by atoms with Gasteiger partial charge in [0.15, 0.2) is 0 Å². The number of rotatable bonds is 28. The van der Waals surface area contributed by atoms with Gasteiger partial charge in [0, 0.05) is 85.7 Å². The van der Waals surface area contributed by atoms with Gasteiger partial charge in [0.25, 0.3) is 37.6 Å². The van der Waals surface area contributed by atoms with Crippen LogP contribution in [-0.4, -0.2) is 150 Å². The van der Waals surface area contributed by atoms with Crippen LogP contribution in [0.2, 0.25) is 0 Å². The SMILES string of the molecule is C=C(CCC(F)F)C1=C(CN2CCN(c3ccc(C(=O)NS(=O)(=O)c4ccc(N[C@H](CCN(C)CCCCCCNc5cccc6c5C(=O)N(C5CCC(=O)NC5=O)C6=O)CSc5ccccc5)c(S(=O)(=O)C(F)(F)F)c4)cc3)CC2)CCC(C)(C)C1. The molecule has 4 aromatic carbocycles. The summed E-state index contributed by atoms with van der Waals surface area (Å²) >= 11 is 1.40. The van der Waals surface area contributed by atoms with Crippen molar-refractivity contribution in [2.45, 2.75) is 130 Å². The van der Waals surface area contributed by atoms with E-state index in [2.05, 4.69) is 46.2 Å². The number of hydrogen-bond donors (Lipinski definition) is 4. The van der Waals surface area contributed by atoms with Crippen LogP contribution < -0.4 is 25.6 Å². The number of benzene rings is 4. The molecule has 0 saturated carbocycles. The summed E-state index contributed by atoms with van der Waals surface area (Å²) in [6, 6.07) is 20.8. The Morgan fingerprint density at radius 3 is 2.24 bits per heavy atom. The maximum absolute atomic E-state index is 14.4. The maximum atomic E-state index is 14.4. The van der Waals surface area contributed by atoms with E-state index in [0.717, 1.165) is 83.7 Å². The van der Waals surface area contributed by atoms with Crippen LogP contribution in [-0.2, 0) is 29.4 Å². The van der Waals surface area contributed by atoms with E-state index in [0.29, 0.717) is 70.5 Å². The van der Waals surface area contributed by atoms with Gasteiger partial charge >= 0.3 is 5.51 Å². The van der Waals surface area contributed by atoms with Gasteiger partial charge in [0.2, 0.25) is 18.2 Å². The molecule has 470 valence electrons. The molecule has 4 N–H and O–H groups in total. The quantitative estimate of drug-likeness (QED) is 0.0180. The average Bonchev–Trinajstić information content (AvgIpc) is 1.91. The number of allylic oxidation sites excluding steroid dienone is 2. The number of carbonyl (C=O) groups is 5. The lowest BCUT2D eigenvalue weighted by Gasteiger charge is -2.39. The topological polar surface area (TPSA) is 215 Å². The van der Waals surface area contributed by atoms with Crippen molar-refractivity contribution in [3.8, 4) is 0 Å². The second-order valence-electron chi connectivity index (χ2n) is 23.4. The largest absolute Gasteiger partial charge is 0.501 e. The lowest BCUT2D eigenvalue weighted by atomic mass is 9.72. The minimum Gasteiger partial charge on any atom is -0.384 e. The Morgan fingerprint density at radius 2 is 1.55 bits per heavy atom. The lowest BCUT2D eigenvalue weighted by Crippen LogP contribution is -2.54. The summed E-state index contributed by atoms with van der Waals surface area (Å²) in [6.45, 7) is 13.5. The Bertz CT molecular complexity index is 3450. The van der Waals surface area contributed by atoms with E-state index in [-0.39, 0.29) is 53.5 Å². The second kappa shape index (κ2) is 28.7. The first-order valence-electron chi connectivity index (χ1n) is 29.2. The Kier molecular flexibility index (Phi) is 21.8. The number of sulfonamides is 1. The summed E-state index contributed by atoms with van der Waals surface area (Å²) in [5.74, 6) is -3.15. The number of anilines is 3. The highest BCUT2D eigenvalue weighted by Gasteiger charge is 2.49. The minimum absolute atomic E-state index is 0.0113. The summed E-state index contributed by atoms with van der Waals surface area (Å²) in [6.07, 6.45) is 3.80. The molecule has 1 aliphatic carbocycles. The summed E-state index contributed by atoms with van der Waals surface area (Å²) in [7, 11) is -9.22. The molecule has 0 aromatic heterocycles. The molecule has 3 aliphatic heterocycles. The van der Waals surface area contributed by atoms with Crippen molar-refractivity contribution in [2.75, 3.05) is 80.7 Å². The molecule has 2 atom stereocenters. The Morgan fingerprint density at radius 1 is 0.839 bits per heavy atom. The molecule has 4 aliphatic rings. The van der Waals surface area contributed by atoms with E-state index in [1.165, 1.54) is 35.5 Å². The summed E-state index contributed by atoms with van der Waals surface area (Å²) in [5, 5.41) is 8.44. The predicted octanol–water partition coefficient (Wildman–Crippen LogP) is 10.3. The first-order chi connectivity index (χ1) is 41.2. The predicted molar refractivity (Wildman–Crippen MR) is 325 cm³/mol. The van der Waals surface area contributed by atoms with Crippen molar-refractivity contribution < 1.29 is 62.8 Å². The monoisotopic (exact) mass is 1270 g/mol. The molecule has 0 bridgehead atoms. The number of hydrogen-bond acceptors (Lipinski definition) is 15. The molecule has 3 heterocycles. The third kappa shape index (κ3) is 16.9. The van der Waals surface area contributed by atoms with Crippen molar-refractivity contribution in [2.24, 2.45) is 5.41 Å². The van der Waals surface area contributed by atoms with Crippen LogP contribution in [0.15, 0.2) is 129 Å². The number of nitrogens with one attached hydrogen (secondary N) is 4. The number of imide groups is 2. The Labute approximate surface area is 509 Å². The van der Waals surface area contributed by atoms with Gasteiger partial charge in [-0.25, -0.2) is 30.3 Å². The molecular formula is C62H75F5N8O9S3. The van der Waals surface area contributed by atoms with E-state index >= 15 is 0 Å². The van der Waals surface area contributed by atoms with E-state index in [4.69, 9.17) is 0 Å². The van der Waals surface area contributed by atoms with Crippen LogP contribution >= 0.6 is 11.8 Å². The number of nitrogens with zero attached hydrogens (tertiary/aromatic N) is 4. The van der Waals surface area contributed by atoms with Gasteiger partial charge in [0.1, 0.15) is 10.9 Å². The zero-order valence-electron chi connectivity index (χ0n) is 49.0. The van der Waals surface area contributed by atoms with Gasteiger partial charge in [-0.1, -0.05) is 68.7 Å². The second-order valence-corrected chi connectivity index (χ2v) is 28.1. The molecule has 0 spiro atoms. The zero-order chi connectivity index (χ0) is 62.8. The van der Waals surface area contributed by atoms with Crippen molar-refractivity contribution in [1.29, 1.82) is 0 Å². The molecule has 0 radical (unpaired) electrons. The van der Waals surface area contributed by atoms with Crippen LogP contribution in [0, 0.1) is 5.41 Å². The van der Waals surface area contributed by atoms with E-state index in [9.17, 15) is 62.8 Å². The molecule has 8 rings (SSSR count). The summed E-state index contributed by atoms with van der Waals surface area (Å²) in [4.78, 5) is 70.5. The number of amides is 5. The fourth-order valence-corrected chi connectivity index (χ4v) is 14.3. The fourth-order valence-electron chi connectivity index (χ4n) is 11.3. The average molecular weight is 1270 g/mol. The number of fused-ring (bicyclic) bond motifs is 1. The molecule has 17 nitrogen and oxygen atoms in total. The molecule has 2 fully saturated rings. The molecule has 2 saturated heterocycles. The molecular weight excluding hydrogens is 1190 g/mol. The number of sulfone groups is 1. The number of carbonyl (C=O) groups excluding carboxylic acids is 5. The van der Waals surface area contributed by atoms with E-state index in [1.54, 1.807) is 24.3 Å². The van der Waals surface area contributed by atoms with Gasteiger partial charge in [-0.05, 0) is 149 Å². The normalized spacial score (nSPS) is 18.1. The van der Waals surface area contributed by atoms with Gasteiger partial charge in [0.05, 0.1) is 21.7 Å². The lowest BCUT2D eigenvalue weighted by molar-refractivity contribution is -0.136. The number of halogens is 5. The first kappa shape index (κ1) is 66.3. The first-order valence-corrected chi connectivity index (χ1v) is 33.1. The number of thioether (sulfide) groups is 1. The number of piperidine rings is 1. The molecule has 4 aromatic rings. The maximum Gasteiger partial charge on any atom is 0.501 e. The molecule has 25 heteroatoms. The van der Waals surface area contributed by atoms with Crippen LogP contribution in [0.4, 0.5) is 39.0 Å². The van der Waals surface area contributed by atoms with Crippen LogP contribution in [0.5, 0.6) is 0 Å². The van der Waals surface area contributed by atoms with E-state index in [1.807, 2.05) is 47.0 Å². The summed E-state index contributed by atoms with van der Waals surface area (Å²) in [5.41, 5.74) is -1.61. The third-order valence-electron chi connectivity index (χ3n) is 16.3. The number of alkyl halides is 5. The smallest absolute Gasteiger partial charge is 0.384 e. The minimum atomic E-state index is -6.16. The highest BCUT2D eigenvalue weighted by Crippen LogP contribution is 2.43. The van der Waals surface area contributed by atoms with Gasteiger partial charge in [-0.3, -0.25) is 39.1 Å². The van der Waals surface area contributed by atoms with Gasteiger partial charge in [-0.2, -0.15) is 13.2 Å². The standard InChI is InChI=1S/C62H75F5N8O9S3/c1-41(17-25-54(63)64)49-38-61(2,3)29-27-43(49)39-73-33-35-74(36-34-73)45-20-18-42(19-21-45)57(77)71-87(83,84)47-22-23-50(53(37-47)86(81,82)62(65,66)67)69-44(40-85-46-13-8-7-9-14-46)28-32-72(4)31-11-6-5-10-30-68-51-16-12-15-48-56(51)60(80)75(59(48)79)52-24-26-55(76)70-58(52)78/h7-9,12-16,18-23,37,44,52,54,68-69H,1,5-6,10-11,17,24-36,38-40H2,2-4H3,(H,71,77)(H,70,76,78)/t44-,52?/m1/s1. The van der Waals surface area contributed by atoms with Crippen LogP contribution in [0.1, 0.15) is 122 Å². The summed E-state index contributed by atoms with van der Waals surface area (Å²) < 4.78 is 126. The van der Waals surface area contributed by atoms with Crippen molar-refractivity contribution >= 4 is 78.2 Å². The van der Waals surface area contributed by atoms with Gasteiger partial charge in [-0.15, -0.1) is 11.8 Å². The Hall–Kier alpha value is -6.67. The van der Waals surface area contributed by atoms with Crippen molar-refractivity contribution in [3.63, 3.8) is 0 Å². The van der Waals surface area contributed by atoms with Crippen LogP contribution in [0.25, 0.3) is 0 Å². The zero-order valence-corrected chi connectivity index (χ0v) is 51.5. The van der Waals surface area contributed by atoms with E-state index < -0.39 is 88.9 Å². The highest BCUT2D eigenvalue weighted by atomic mass is 32.2. The molecule has 87 heavy (non-hydrogen) atoms. The van der Waals surface area contributed by atoms with Crippen LogP contribution in [0.3, 0.4) is 0 Å². The molecule has 5 amide bonds. The van der Waals surface area contributed by atoms with Crippen molar-refractivity contribution in [3.05, 3.63) is 131 Å². The number of unbranched alkanes of at least 4 members (excludes halogenated alkanes) is 3. The van der Waals surface area contributed by atoms with Gasteiger partial charge < -0.3 is 20.4 Å². The fraction of sp³-hybridized carbons (Fsp3) is 0.468. The number of piperazine rings is 1. The van der Waals surface area contributed by atoms with Crippen molar-refractivity contribution in [1.82, 2.24) is 24.7 Å². The molecule has 1 unspecified atom stereocenters. The Balaban J connectivity index is 0.851. The highest BCUT2D eigenvalue weighted by molar-refractivity contribution is 7.99. The third-order valence-corrected chi connectivity index (χ3v) is 20.3.